The highest BCUT2D eigenvalue weighted by molar-refractivity contribution is 5.93. The van der Waals surface area contributed by atoms with Gasteiger partial charge in [-0.3, -0.25) is 25.2 Å². The van der Waals surface area contributed by atoms with E-state index in [0.717, 1.165) is 6.92 Å². The lowest BCUT2D eigenvalue weighted by molar-refractivity contribution is -0.141. The molecule has 0 rings (SSSR count). The number of nitrogens with two attached hydrogens (primary N) is 1. The molecule has 15 nitrogen and oxygen atoms in total. The Morgan fingerprint density at radius 3 is 1.87 bits per heavy atom. The minimum atomic E-state index is -1.68. The molecule has 0 fully saturated rings. The van der Waals surface area contributed by atoms with Crippen LogP contribution in [0.3, 0.4) is 0 Å². The number of aliphatic hydroxyl groups is 2. The molecule has 5 unspecified atom stereocenters. The van der Waals surface area contributed by atoms with Crippen LogP contribution in [0.15, 0.2) is 0 Å². The summed E-state index contributed by atoms with van der Waals surface area (Å²) in [7, 11) is 0. The third-order valence-corrected chi connectivity index (χ3v) is 3.53. The Balaban J connectivity index is 4.90. The van der Waals surface area contributed by atoms with E-state index >= 15 is 0 Å². The second kappa shape index (κ2) is 13.0. The van der Waals surface area contributed by atoms with Crippen molar-refractivity contribution < 1.29 is 44.1 Å². The minimum absolute atomic E-state index is 0.287. The standard InChI is InChI=1S/C15H26N6O9/c1-6(16)11(25)17-9(5-23)13(27)21-20-12(26)8(3-4-22)18-15(30)19-10(7(2)24)14(28)29/h4,6-10,23-24H,3,5,16H2,1-2H3,(H,17,25)(H,20,26)(H,21,27)(H,28,29)(H2,18,19,30). The zero-order valence-corrected chi connectivity index (χ0v) is 16.2. The van der Waals surface area contributed by atoms with Crippen LogP contribution in [0.1, 0.15) is 20.3 Å². The van der Waals surface area contributed by atoms with E-state index in [0.29, 0.717) is 0 Å². The Kier molecular flexibility index (Phi) is 11.6. The number of carboxylic acid groups (broad SMARTS) is 1. The molecule has 0 heterocycles. The van der Waals surface area contributed by atoms with Crippen molar-refractivity contribution >= 4 is 36.0 Å². The van der Waals surface area contributed by atoms with Gasteiger partial charge in [0.15, 0.2) is 6.04 Å². The van der Waals surface area contributed by atoms with Crippen LogP contribution >= 0.6 is 0 Å². The van der Waals surface area contributed by atoms with E-state index in [9.17, 15) is 33.9 Å². The third-order valence-electron chi connectivity index (χ3n) is 3.53. The van der Waals surface area contributed by atoms with Crippen molar-refractivity contribution in [1.82, 2.24) is 26.8 Å². The van der Waals surface area contributed by atoms with Crippen molar-refractivity contribution in [3.63, 3.8) is 0 Å². The molecule has 0 spiro atoms. The fourth-order valence-electron chi connectivity index (χ4n) is 1.85. The lowest BCUT2D eigenvalue weighted by Gasteiger charge is -2.22. The maximum absolute atomic E-state index is 12.1. The van der Waals surface area contributed by atoms with E-state index in [1.54, 1.807) is 0 Å². The summed E-state index contributed by atoms with van der Waals surface area (Å²) in [6.07, 6.45) is -1.70. The van der Waals surface area contributed by atoms with Gasteiger partial charge in [-0.2, -0.15) is 0 Å². The second-order valence-electron chi connectivity index (χ2n) is 6.14. The van der Waals surface area contributed by atoms with Crippen LogP contribution in [0.5, 0.6) is 0 Å². The maximum Gasteiger partial charge on any atom is 0.328 e. The van der Waals surface area contributed by atoms with Crippen LogP contribution in [-0.4, -0.2) is 88.2 Å². The third kappa shape index (κ3) is 9.26. The number of hydrogen-bond acceptors (Lipinski definition) is 9. The number of hydrogen-bond donors (Lipinski definition) is 9. The Hall–Kier alpha value is -3.30. The first-order chi connectivity index (χ1) is 13.9. The number of carboxylic acids is 1. The van der Waals surface area contributed by atoms with Crippen LogP contribution in [0.4, 0.5) is 4.79 Å². The molecular weight excluding hydrogens is 408 g/mol. The van der Waals surface area contributed by atoms with Gasteiger partial charge in [0.2, 0.25) is 5.91 Å². The number of aliphatic carboxylic acids is 1. The Morgan fingerprint density at radius 1 is 0.933 bits per heavy atom. The number of urea groups is 1. The Labute approximate surface area is 170 Å². The van der Waals surface area contributed by atoms with Crippen LogP contribution < -0.4 is 32.5 Å². The van der Waals surface area contributed by atoms with Gasteiger partial charge < -0.3 is 41.8 Å². The molecule has 0 aromatic rings. The van der Waals surface area contributed by atoms with E-state index in [2.05, 4.69) is 5.32 Å². The molecule has 0 radical (unpaired) electrons. The molecule has 5 atom stereocenters. The molecule has 0 bridgehead atoms. The van der Waals surface area contributed by atoms with Crippen molar-refractivity contribution in [3.05, 3.63) is 0 Å². The number of carbonyl (C=O) groups excluding carboxylic acids is 5. The molecule has 0 saturated heterocycles. The quantitative estimate of drug-likeness (QED) is 0.111. The topological polar surface area (TPSA) is 249 Å². The fraction of sp³-hybridized carbons (Fsp3) is 0.600. The SMILES string of the molecule is CC(N)C(=O)NC(CO)C(=O)NNC(=O)C(CC=O)NC(=O)NC(C(=O)O)C(C)O. The molecule has 0 aromatic carbocycles. The van der Waals surface area contributed by atoms with Gasteiger partial charge in [0.25, 0.3) is 11.8 Å². The van der Waals surface area contributed by atoms with E-state index in [1.807, 2.05) is 21.5 Å². The minimum Gasteiger partial charge on any atom is -0.480 e. The number of amides is 5. The Morgan fingerprint density at radius 2 is 1.47 bits per heavy atom. The van der Waals surface area contributed by atoms with Crippen molar-refractivity contribution in [2.75, 3.05) is 6.61 Å². The van der Waals surface area contributed by atoms with E-state index in [-0.39, 0.29) is 6.29 Å². The first-order valence-electron chi connectivity index (χ1n) is 8.62. The van der Waals surface area contributed by atoms with Crippen LogP contribution in [0.2, 0.25) is 0 Å². The van der Waals surface area contributed by atoms with E-state index < -0.39 is 73.0 Å². The summed E-state index contributed by atoms with van der Waals surface area (Å²) in [6.45, 7) is 1.65. The number of carbonyl (C=O) groups is 6. The zero-order chi connectivity index (χ0) is 23.4. The predicted octanol–water partition coefficient (Wildman–Crippen LogP) is -4.95. The summed E-state index contributed by atoms with van der Waals surface area (Å²) in [5, 5.41) is 33.5. The average Bonchev–Trinajstić information content (AvgIpc) is 2.66. The summed E-state index contributed by atoms with van der Waals surface area (Å²) in [5.41, 5.74) is 9.11. The molecule has 0 aromatic heterocycles. The van der Waals surface area contributed by atoms with E-state index in [4.69, 9.17) is 15.9 Å². The van der Waals surface area contributed by atoms with Crippen molar-refractivity contribution in [3.8, 4) is 0 Å². The van der Waals surface area contributed by atoms with E-state index in [1.165, 1.54) is 6.92 Å². The fourth-order valence-corrected chi connectivity index (χ4v) is 1.85. The molecular formula is C15H26N6O9. The van der Waals surface area contributed by atoms with Gasteiger partial charge in [-0.15, -0.1) is 0 Å². The number of hydrazine groups is 1. The highest BCUT2D eigenvalue weighted by atomic mass is 16.4. The monoisotopic (exact) mass is 434 g/mol. The zero-order valence-electron chi connectivity index (χ0n) is 16.2. The average molecular weight is 434 g/mol. The largest absolute Gasteiger partial charge is 0.480 e. The number of rotatable bonds is 11. The molecule has 170 valence electrons. The lowest BCUT2D eigenvalue weighted by Crippen LogP contribution is -2.60. The molecule has 0 aliphatic carbocycles. The summed E-state index contributed by atoms with van der Waals surface area (Å²) >= 11 is 0. The van der Waals surface area contributed by atoms with Gasteiger partial charge in [0, 0.05) is 6.42 Å². The number of aldehydes is 1. The van der Waals surface area contributed by atoms with Crippen molar-refractivity contribution in [2.24, 2.45) is 5.73 Å². The van der Waals surface area contributed by atoms with Crippen molar-refractivity contribution in [1.29, 1.82) is 0 Å². The molecule has 30 heavy (non-hydrogen) atoms. The predicted molar refractivity (Wildman–Crippen MR) is 98.2 cm³/mol. The molecule has 15 heteroatoms. The van der Waals surface area contributed by atoms with Gasteiger partial charge in [-0.25, -0.2) is 9.59 Å². The van der Waals surface area contributed by atoms with Crippen molar-refractivity contribution in [2.45, 2.75) is 50.5 Å². The van der Waals surface area contributed by atoms with Crippen LogP contribution in [0.25, 0.3) is 0 Å². The highest BCUT2D eigenvalue weighted by Crippen LogP contribution is 1.95. The Bertz CT molecular complexity index is 655. The first kappa shape index (κ1) is 26.7. The summed E-state index contributed by atoms with van der Waals surface area (Å²) in [4.78, 5) is 69.1. The smallest absolute Gasteiger partial charge is 0.328 e. The van der Waals surface area contributed by atoms with Crippen LogP contribution in [0, 0.1) is 0 Å². The van der Waals surface area contributed by atoms with Gasteiger partial charge >= 0.3 is 12.0 Å². The first-order valence-corrected chi connectivity index (χ1v) is 8.62. The summed E-state index contributed by atoms with van der Waals surface area (Å²) < 4.78 is 0. The molecule has 0 saturated carbocycles. The second-order valence-corrected chi connectivity index (χ2v) is 6.14. The van der Waals surface area contributed by atoms with Gasteiger partial charge in [0.05, 0.1) is 18.8 Å². The van der Waals surface area contributed by atoms with Gasteiger partial charge in [0.1, 0.15) is 18.4 Å². The van der Waals surface area contributed by atoms with Crippen LogP contribution in [-0.2, 0) is 24.0 Å². The molecule has 0 aliphatic rings. The number of aliphatic hydroxyl groups excluding tert-OH is 2. The summed E-state index contributed by atoms with van der Waals surface area (Å²) in [6, 6.07) is -6.76. The number of nitrogens with one attached hydrogen (secondary N) is 5. The highest BCUT2D eigenvalue weighted by Gasteiger charge is 2.28. The molecule has 10 N–H and O–H groups in total. The summed E-state index contributed by atoms with van der Waals surface area (Å²) in [5.74, 6) is -4.36. The lowest BCUT2D eigenvalue weighted by atomic mass is 10.2. The molecule has 5 amide bonds. The van der Waals surface area contributed by atoms with Gasteiger partial charge in [-0.05, 0) is 13.8 Å². The normalized spacial score (nSPS) is 15.4. The maximum atomic E-state index is 12.1. The van der Waals surface area contributed by atoms with Gasteiger partial charge in [-0.1, -0.05) is 0 Å². The molecule has 0 aliphatic heterocycles.